The van der Waals surface area contributed by atoms with Crippen molar-refractivity contribution in [3.8, 4) is 17.0 Å². The summed E-state index contributed by atoms with van der Waals surface area (Å²) in [6.45, 7) is 0.599. The number of ketones is 1. The van der Waals surface area contributed by atoms with E-state index in [1.165, 1.54) is 5.56 Å². The lowest BCUT2D eigenvalue weighted by Crippen LogP contribution is -2.07. The summed E-state index contributed by atoms with van der Waals surface area (Å²) < 4.78 is 3.68. The first-order chi connectivity index (χ1) is 19.0. The largest absolute Gasteiger partial charge is 0.507 e. The fourth-order valence-corrected chi connectivity index (χ4v) is 5.98. The summed E-state index contributed by atoms with van der Waals surface area (Å²) in [6, 6.07) is 27.7. The highest BCUT2D eigenvalue weighted by atomic mass is 79.9. The first-order valence-electron chi connectivity index (χ1n) is 12.7. The zero-order chi connectivity index (χ0) is 26.8. The molecule has 0 aliphatic heterocycles. The van der Waals surface area contributed by atoms with Crippen molar-refractivity contribution in [1.82, 2.24) is 14.6 Å². The Hall–Kier alpha value is -4.01. The molecule has 8 heteroatoms. The third-order valence-corrected chi connectivity index (χ3v) is 8.39. The number of benzene rings is 3. The molecular formula is C31H25BrN4O2S. The number of anilines is 1. The van der Waals surface area contributed by atoms with Crippen LogP contribution >= 0.6 is 27.3 Å². The smallest absolute Gasteiger partial charge is 0.172 e. The molecule has 0 fully saturated rings. The third kappa shape index (κ3) is 5.44. The third-order valence-electron chi connectivity index (χ3n) is 6.68. The van der Waals surface area contributed by atoms with Crippen molar-refractivity contribution in [3.05, 3.63) is 112 Å². The number of carbonyl (C=O) groups excluding carboxylic acids is 1. The van der Waals surface area contributed by atoms with Gasteiger partial charge in [0.1, 0.15) is 11.6 Å². The molecule has 0 amide bonds. The van der Waals surface area contributed by atoms with Crippen LogP contribution in [0.1, 0.15) is 33.6 Å². The maximum absolute atomic E-state index is 12.7. The molecule has 0 radical (unpaired) electrons. The summed E-state index contributed by atoms with van der Waals surface area (Å²) in [5, 5.41) is 19.4. The van der Waals surface area contributed by atoms with Gasteiger partial charge in [-0.25, -0.2) is 4.98 Å². The number of hydrogen-bond acceptors (Lipinski definition) is 6. The topological polar surface area (TPSA) is 79.5 Å². The molecule has 0 aliphatic rings. The lowest BCUT2D eigenvalue weighted by molar-refractivity contribution is 0.0984. The number of Topliss-reactive ketones (excluding diaryl/α,β-unsaturated/α-hetero) is 1. The Balaban J connectivity index is 1.09. The van der Waals surface area contributed by atoms with Gasteiger partial charge in [0, 0.05) is 29.3 Å². The van der Waals surface area contributed by atoms with Gasteiger partial charge in [0.25, 0.3) is 0 Å². The number of carbonyl (C=O) groups is 1. The van der Waals surface area contributed by atoms with Crippen molar-refractivity contribution in [1.29, 1.82) is 0 Å². The predicted octanol–water partition coefficient (Wildman–Crippen LogP) is 7.90. The molecule has 0 unspecified atom stereocenters. The van der Waals surface area contributed by atoms with Crippen LogP contribution in [0.3, 0.4) is 0 Å². The van der Waals surface area contributed by atoms with Gasteiger partial charge in [-0.2, -0.15) is 9.61 Å². The molecule has 0 aliphatic carbocycles. The number of aryl methyl sites for hydroxylation is 1. The van der Waals surface area contributed by atoms with Crippen LogP contribution in [0.25, 0.3) is 27.0 Å². The number of aromatic nitrogens is 3. The molecule has 3 aromatic heterocycles. The van der Waals surface area contributed by atoms with Crippen LogP contribution in [0.15, 0.2) is 95.6 Å². The van der Waals surface area contributed by atoms with Gasteiger partial charge < -0.3 is 10.4 Å². The molecule has 6 nitrogen and oxygen atoms in total. The maximum Gasteiger partial charge on any atom is 0.172 e. The number of halogens is 1. The van der Waals surface area contributed by atoms with Crippen molar-refractivity contribution >= 4 is 54.6 Å². The van der Waals surface area contributed by atoms with Crippen LogP contribution in [0.4, 0.5) is 5.82 Å². The van der Waals surface area contributed by atoms with Crippen LogP contribution < -0.4 is 5.32 Å². The molecule has 2 N–H and O–H groups in total. The first-order valence-corrected chi connectivity index (χ1v) is 14.3. The summed E-state index contributed by atoms with van der Waals surface area (Å²) in [7, 11) is 0. The fraction of sp³-hybridized carbons (Fsp3) is 0.129. The minimum absolute atomic E-state index is 0.178. The minimum Gasteiger partial charge on any atom is -0.507 e. The summed E-state index contributed by atoms with van der Waals surface area (Å²) >= 11 is 5.10. The molecule has 194 valence electrons. The highest BCUT2D eigenvalue weighted by Crippen LogP contribution is 2.31. The summed E-state index contributed by atoms with van der Waals surface area (Å²) in [5.41, 5.74) is 4.32. The number of rotatable bonds is 9. The molecule has 6 rings (SSSR count). The van der Waals surface area contributed by atoms with Crippen LogP contribution in [0, 0.1) is 0 Å². The number of thiophene rings is 1. The second-order valence-electron chi connectivity index (χ2n) is 9.37. The van der Waals surface area contributed by atoms with Crippen LogP contribution in [-0.2, 0) is 13.0 Å². The molecule has 0 atom stereocenters. The fourth-order valence-electron chi connectivity index (χ4n) is 4.60. The molecule has 39 heavy (non-hydrogen) atoms. The monoisotopic (exact) mass is 596 g/mol. The first kappa shape index (κ1) is 25.3. The molecular weight excluding hydrogens is 572 g/mol. The van der Waals surface area contributed by atoms with Crippen LogP contribution in [-0.4, -0.2) is 25.5 Å². The van der Waals surface area contributed by atoms with Gasteiger partial charge in [-0.05, 0) is 69.6 Å². The van der Waals surface area contributed by atoms with Gasteiger partial charge >= 0.3 is 0 Å². The minimum atomic E-state index is 0.178. The molecule has 0 saturated heterocycles. The number of fused-ring (bicyclic) bond motifs is 2. The number of hydrogen-bond donors (Lipinski definition) is 2. The number of nitrogens with zero attached hydrogens (tertiary/aromatic N) is 3. The highest BCUT2D eigenvalue weighted by Gasteiger charge is 2.14. The quantitative estimate of drug-likeness (QED) is 0.166. The molecule has 3 heterocycles. The zero-order valence-electron chi connectivity index (χ0n) is 21.0. The molecule has 0 saturated carbocycles. The van der Waals surface area contributed by atoms with E-state index in [-0.39, 0.29) is 11.5 Å². The predicted molar refractivity (Wildman–Crippen MR) is 161 cm³/mol. The van der Waals surface area contributed by atoms with E-state index in [9.17, 15) is 9.90 Å². The van der Waals surface area contributed by atoms with E-state index in [1.807, 2.05) is 36.4 Å². The van der Waals surface area contributed by atoms with Gasteiger partial charge in [0.15, 0.2) is 11.4 Å². The number of nitrogens with one attached hydrogen (secondary N) is 1. The average Bonchev–Trinajstić information content (AvgIpc) is 3.56. The van der Waals surface area contributed by atoms with Crippen LogP contribution in [0.5, 0.6) is 5.75 Å². The van der Waals surface area contributed by atoms with E-state index < -0.39 is 0 Å². The van der Waals surface area contributed by atoms with E-state index in [2.05, 4.69) is 62.7 Å². The molecule has 0 spiro atoms. The molecule has 0 bridgehead atoms. The second kappa shape index (κ2) is 11.0. The normalized spacial score (nSPS) is 11.3. The number of phenols is 1. The van der Waals surface area contributed by atoms with E-state index in [0.717, 1.165) is 43.7 Å². The Morgan fingerprint density at radius 3 is 2.56 bits per heavy atom. The second-order valence-corrected chi connectivity index (χ2v) is 11.3. The Labute approximate surface area is 238 Å². The summed E-state index contributed by atoms with van der Waals surface area (Å²) in [5.74, 6) is 1.17. The SMILES string of the molecule is O=C(CCCc1ccc(CNc2cc(-c3ccccc3O)nc3c(Br)cnn23)cc1)c1cc2ccccc2s1. The lowest BCUT2D eigenvalue weighted by atomic mass is 10.0. The Bertz CT molecular complexity index is 1760. The maximum atomic E-state index is 12.7. The summed E-state index contributed by atoms with van der Waals surface area (Å²) in [4.78, 5) is 18.2. The van der Waals surface area contributed by atoms with Crippen molar-refractivity contribution in [2.24, 2.45) is 0 Å². The molecule has 3 aromatic carbocycles. The van der Waals surface area contributed by atoms with E-state index in [4.69, 9.17) is 4.98 Å². The number of para-hydroxylation sites is 1. The van der Waals surface area contributed by atoms with Gasteiger partial charge in [-0.15, -0.1) is 11.3 Å². The standard InChI is InChI=1S/C31H25BrN4O2S/c32-24-19-34-36-30(17-25(35-31(24)36)23-8-2-3-9-26(23)37)33-18-21-14-12-20(13-15-21)6-5-10-27(38)29-16-22-7-1-4-11-28(22)39-29/h1-4,7-9,11-17,19,33,37H,5-6,10,18H2. The van der Waals surface area contributed by atoms with Gasteiger partial charge in [0.05, 0.1) is 21.2 Å². The van der Waals surface area contributed by atoms with Gasteiger partial charge in [0.2, 0.25) is 0 Å². The van der Waals surface area contributed by atoms with Crippen molar-refractivity contribution in [3.63, 3.8) is 0 Å². The van der Waals surface area contributed by atoms with Crippen molar-refractivity contribution in [2.45, 2.75) is 25.8 Å². The Kier molecular flexibility index (Phi) is 7.13. The van der Waals surface area contributed by atoms with Crippen LogP contribution in [0.2, 0.25) is 0 Å². The van der Waals surface area contributed by atoms with Gasteiger partial charge in [-0.1, -0.05) is 54.6 Å². The zero-order valence-corrected chi connectivity index (χ0v) is 23.4. The number of phenolic OH excluding ortho intramolecular Hbond substituents is 1. The highest BCUT2D eigenvalue weighted by molar-refractivity contribution is 9.10. The Morgan fingerprint density at radius 1 is 0.974 bits per heavy atom. The molecule has 6 aromatic rings. The van der Waals surface area contributed by atoms with E-state index >= 15 is 0 Å². The average molecular weight is 598 g/mol. The summed E-state index contributed by atoms with van der Waals surface area (Å²) in [6.07, 6.45) is 3.94. The van der Waals surface area contributed by atoms with E-state index in [0.29, 0.717) is 29.9 Å². The lowest BCUT2D eigenvalue weighted by Gasteiger charge is -2.12. The van der Waals surface area contributed by atoms with Crippen molar-refractivity contribution in [2.75, 3.05) is 5.32 Å². The Morgan fingerprint density at radius 2 is 1.74 bits per heavy atom. The van der Waals surface area contributed by atoms with Crippen molar-refractivity contribution < 1.29 is 9.90 Å². The number of aromatic hydroxyl groups is 1. The van der Waals surface area contributed by atoms with Gasteiger partial charge in [-0.3, -0.25) is 4.79 Å². The van der Waals surface area contributed by atoms with E-state index in [1.54, 1.807) is 34.2 Å².